The molecule has 1 saturated heterocycles. The van der Waals surface area contributed by atoms with Crippen molar-refractivity contribution in [3.05, 3.63) is 0 Å². The van der Waals surface area contributed by atoms with Gasteiger partial charge in [-0.3, -0.25) is 0 Å². The second-order valence-corrected chi connectivity index (χ2v) is 4.61. The molecule has 0 spiro atoms. The molecule has 1 rings (SSSR count). The highest BCUT2D eigenvalue weighted by molar-refractivity contribution is 9.09. The lowest BCUT2D eigenvalue weighted by atomic mass is 10.3. The van der Waals surface area contributed by atoms with Crippen LogP contribution >= 0.6 is 15.9 Å². The first kappa shape index (κ1) is 12.8. The molecule has 0 aliphatic carbocycles. The van der Waals surface area contributed by atoms with E-state index in [1.54, 1.807) is 0 Å². The number of carbonyl (C=O) groups is 1. The van der Waals surface area contributed by atoms with Gasteiger partial charge in [0.2, 0.25) is 0 Å². The summed E-state index contributed by atoms with van der Waals surface area (Å²) in [4.78, 5) is 13.4. The fourth-order valence-corrected chi connectivity index (χ4v) is 2.21. The Balaban J connectivity index is 2.12. The molecule has 0 saturated carbocycles. The summed E-state index contributed by atoms with van der Waals surface area (Å²) in [5, 5.41) is 3.91. The Labute approximate surface area is 99.5 Å². The van der Waals surface area contributed by atoms with E-state index in [0.29, 0.717) is 0 Å². The van der Waals surface area contributed by atoms with Gasteiger partial charge in [-0.15, -0.1) is 0 Å². The molecule has 0 aromatic heterocycles. The average molecular weight is 279 g/mol. The van der Waals surface area contributed by atoms with E-state index in [-0.39, 0.29) is 12.1 Å². The van der Waals surface area contributed by atoms with E-state index < -0.39 is 0 Å². The van der Waals surface area contributed by atoms with Crippen molar-refractivity contribution in [2.75, 3.05) is 32.1 Å². The number of likely N-dealkylation sites (tertiary alicyclic amines) is 1. The molecular formula is C10H19BrN2O2. The number of nitrogens with one attached hydrogen (secondary N) is 1. The highest BCUT2D eigenvalue weighted by atomic mass is 79.9. The number of ether oxygens (including phenoxy) is 1. The zero-order valence-corrected chi connectivity index (χ0v) is 10.8. The van der Waals surface area contributed by atoms with Crippen molar-refractivity contribution in [2.45, 2.75) is 25.3 Å². The van der Waals surface area contributed by atoms with Crippen LogP contribution in [0.1, 0.15) is 19.3 Å². The molecule has 1 atom stereocenters. The number of amides is 1. The van der Waals surface area contributed by atoms with Gasteiger partial charge in [-0.2, -0.15) is 0 Å². The van der Waals surface area contributed by atoms with E-state index in [0.717, 1.165) is 31.4 Å². The summed E-state index contributed by atoms with van der Waals surface area (Å²) in [6, 6.07) is 0.265. The van der Waals surface area contributed by atoms with Crippen molar-refractivity contribution in [2.24, 2.45) is 0 Å². The molecule has 0 bridgehead atoms. The monoisotopic (exact) mass is 278 g/mol. The van der Waals surface area contributed by atoms with Gasteiger partial charge >= 0.3 is 6.09 Å². The van der Waals surface area contributed by atoms with E-state index in [1.807, 2.05) is 0 Å². The molecule has 1 amide bonds. The molecular weight excluding hydrogens is 260 g/mol. The first-order valence-corrected chi connectivity index (χ1v) is 6.51. The molecule has 0 radical (unpaired) electrons. The van der Waals surface area contributed by atoms with E-state index in [9.17, 15) is 4.79 Å². The van der Waals surface area contributed by atoms with Gasteiger partial charge in [0, 0.05) is 24.5 Å². The number of alkyl halides is 1. The van der Waals surface area contributed by atoms with Crippen molar-refractivity contribution < 1.29 is 9.53 Å². The topological polar surface area (TPSA) is 41.6 Å². The van der Waals surface area contributed by atoms with Crippen LogP contribution in [0.2, 0.25) is 0 Å². The van der Waals surface area contributed by atoms with Gasteiger partial charge in [-0.25, -0.2) is 4.79 Å². The van der Waals surface area contributed by atoms with Crippen LogP contribution in [-0.4, -0.2) is 49.1 Å². The minimum atomic E-state index is -0.317. The number of nitrogens with zero attached hydrogens (tertiary/aromatic N) is 1. The van der Waals surface area contributed by atoms with Crippen molar-refractivity contribution in [3.8, 4) is 0 Å². The third-order valence-electron chi connectivity index (χ3n) is 2.64. The summed E-state index contributed by atoms with van der Waals surface area (Å²) in [5.74, 6) is 0. The standard InChI is InChI=1S/C10H19BrN2O2/c1-15-10(14)12-9-4-7-13(8-9)6-3-2-5-11/h9H,2-8H2,1H3,(H,12,14). The SMILES string of the molecule is COC(=O)NC1CCN(CCCCBr)C1. The third kappa shape index (κ3) is 4.84. The zero-order chi connectivity index (χ0) is 11.1. The minimum absolute atomic E-state index is 0.265. The maximum absolute atomic E-state index is 11.0. The van der Waals surface area contributed by atoms with Crippen molar-refractivity contribution in [3.63, 3.8) is 0 Å². The van der Waals surface area contributed by atoms with Gasteiger partial charge in [0.25, 0.3) is 0 Å². The number of alkyl carbamates (subject to hydrolysis) is 1. The van der Waals surface area contributed by atoms with Crippen LogP contribution in [-0.2, 0) is 4.74 Å². The lowest BCUT2D eigenvalue weighted by molar-refractivity contribution is 0.166. The molecule has 1 N–H and O–H groups in total. The van der Waals surface area contributed by atoms with Crippen LogP contribution in [0.5, 0.6) is 0 Å². The minimum Gasteiger partial charge on any atom is -0.453 e. The number of rotatable bonds is 5. The Kier molecular flexibility index (Phi) is 6.02. The Bertz CT molecular complexity index is 202. The lowest BCUT2D eigenvalue weighted by Crippen LogP contribution is -2.37. The number of carbonyl (C=O) groups excluding carboxylic acids is 1. The molecule has 1 unspecified atom stereocenters. The van der Waals surface area contributed by atoms with Crippen LogP contribution < -0.4 is 5.32 Å². The smallest absolute Gasteiger partial charge is 0.407 e. The molecule has 15 heavy (non-hydrogen) atoms. The average Bonchev–Trinajstić information content (AvgIpc) is 2.66. The van der Waals surface area contributed by atoms with Crippen LogP contribution in [0, 0.1) is 0 Å². The quantitative estimate of drug-likeness (QED) is 0.614. The third-order valence-corrected chi connectivity index (χ3v) is 3.20. The van der Waals surface area contributed by atoms with Gasteiger partial charge in [-0.1, -0.05) is 15.9 Å². The molecule has 1 fully saturated rings. The first-order valence-electron chi connectivity index (χ1n) is 5.39. The highest BCUT2D eigenvalue weighted by Gasteiger charge is 2.23. The maximum atomic E-state index is 11.0. The normalized spacial score (nSPS) is 21.6. The molecule has 0 aromatic rings. The molecule has 88 valence electrons. The fourth-order valence-electron chi connectivity index (χ4n) is 1.81. The van der Waals surface area contributed by atoms with Crippen molar-refractivity contribution >= 4 is 22.0 Å². The molecule has 1 heterocycles. The van der Waals surface area contributed by atoms with E-state index >= 15 is 0 Å². The second-order valence-electron chi connectivity index (χ2n) is 3.82. The van der Waals surface area contributed by atoms with Crippen LogP contribution in [0.25, 0.3) is 0 Å². The maximum Gasteiger partial charge on any atom is 0.407 e. The number of methoxy groups -OCH3 is 1. The van der Waals surface area contributed by atoms with Crippen molar-refractivity contribution in [1.82, 2.24) is 10.2 Å². The summed E-state index contributed by atoms with van der Waals surface area (Å²) in [7, 11) is 1.40. The van der Waals surface area contributed by atoms with Gasteiger partial charge in [-0.05, 0) is 25.8 Å². The molecule has 1 aliphatic heterocycles. The highest BCUT2D eigenvalue weighted by Crippen LogP contribution is 2.10. The summed E-state index contributed by atoms with van der Waals surface area (Å²) in [6.45, 7) is 3.17. The zero-order valence-electron chi connectivity index (χ0n) is 9.17. The van der Waals surface area contributed by atoms with Crippen LogP contribution in [0.4, 0.5) is 4.79 Å². The molecule has 1 aliphatic rings. The Morgan fingerprint density at radius 3 is 3.07 bits per heavy atom. The van der Waals surface area contributed by atoms with Crippen molar-refractivity contribution in [1.29, 1.82) is 0 Å². The largest absolute Gasteiger partial charge is 0.453 e. The second kappa shape index (κ2) is 7.06. The number of unbranched alkanes of at least 4 members (excludes halogenated alkanes) is 1. The van der Waals surface area contributed by atoms with E-state index in [4.69, 9.17) is 0 Å². The van der Waals surface area contributed by atoms with Crippen LogP contribution in [0.3, 0.4) is 0 Å². The van der Waals surface area contributed by atoms with E-state index in [1.165, 1.54) is 20.0 Å². The Morgan fingerprint density at radius 2 is 2.40 bits per heavy atom. The lowest BCUT2D eigenvalue weighted by Gasteiger charge is -2.15. The molecule has 5 heteroatoms. The number of hydrogen-bond donors (Lipinski definition) is 1. The predicted octanol–water partition coefficient (Wildman–Crippen LogP) is 1.59. The molecule has 0 aromatic carbocycles. The van der Waals surface area contributed by atoms with Crippen LogP contribution in [0.15, 0.2) is 0 Å². The van der Waals surface area contributed by atoms with Gasteiger partial charge in [0.15, 0.2) is 0 Å². The predicted molar refractivity (Wildman–Crippen MR) is 63.4 cm³/mol. The Morgan fingerprint density at radius 1 is 1.60 bits per heavy atom. The molecule has 4 nitrogen and oxygen atoms in total. The fraction of sp³-hybridized carbons (Fsp3) is 0.900. The van der Waals surface area contributed by atoms with Gasteiger partial charge in [0.1, 0.15) is 0 Å². The Hall–Kier alpha value is -0.290. The summed E-state index contributed by atoms with van der Waals surface area (Å²) in [5.41, 5.74) is 0. The summed E-state index contributed by atoms with van der Waals surface area (Å²) < 4.78 is 4.57. The first-order chi connectivity index (χ1) is 7.26. The summed E-state index contributed by atoms with van der Waals surface area (Å²) in [6.07, 6.45) is 3.15. The number of hydrogen-bond acceptors (Lipinski definition) is 3. The summed E-state index contributed by atoms with van der Waals surface area (Å²) >= 11 is 3.42. The van der Waals surface area contributed by atoms with Gasteiger partial charge in [0.05, 0.1) is 7.11 Å². The van der Waals surface area contributed by atoms with Gasteiger partial charge < -0.3 is 15.0 Å². The number of halogens is 1. The van der Waals surface area contributed by atoms with E-state index in [2.05, 4.69) is 30.9 Å².